The van der Waals surface area contributed by atoms with E-state index < -0.39 is 0 Å². The summed E-state index contributed by atoms with van der Waals surface area (Å²) in [4.78, 5) is 4.86. The van der Waals surface area contributed by atoms with E-state index in [-0.39, 0.29) is 12.6 Å². The Bertz CT molecular complexity index is 179. The predicted octanol–water partition coefficient (Wildman–Crippen LogP) is -0.160. The zero-order valence-corrected chi connectivity index (χ0v) is 10.9. The van der Waals surface area contributed by atoms with Crippen LogP contribution in [0.15, 0.2) is 0 Å². The van der Waals surface area contributed by atoms with Gasteiger partial charge in [-0.15, -0.1) is 0 Å². The van der Waals surface area contributed by atoms with Crippen LogP contribution in [0.2, 0.25) is 0 Å². The van der Waals surface area contributed by atoms with Gasteiger partial charge in [-0.1, -0.05) is 13.8 Å². The fourth-order valence-electron chi connectivity index (χ4n) is 1.99. The maximum absolute atomic E-state index is 9.19. The first kappa shape index (κ1) is 13.9. The number of likely N-dealkylation sites (N-methyl/N-ethyl adjacent to an activating group) is 1. The number of hydrogen-bond acceptors (Lipinski definition) is 4. The summed E-state index contributed by atoms with van der Waals surface area (Å²) in [7, 11) is 2.18. The van der Waals surface area contributed by atoms with Crippen molar-refractivity contribution >= 4 is 0 Å². The van der Waals surface area contributed by atoms with Crippen LogP contribution in [0.1, 0.15) is 13.8 Å². The SMILES string of the molecule is CC(C)C(CO)NCCN1CCN(C)CC1. The van der Waals surface area contributed by atoms with E-state index >= 15 is 0 Å². The largest absolute Gasteiger partial charge is 0.395 e. The van der Waals surface area contributed by atoms with Gasteiger partial charge >= 0.3 is 0 Å². The molecule has 1 aliphatic rings. The molecular weight excluding hydrogens is 202 g/mol. The molecule has 0 aromatic rings. The number of nitrogens with one attached hydrogen (secondary N) is 1. The average molecular weight is 229 g/mol. The van der Waals surface area contributed by atoms with Gasteiger partial charge in [0.1, 0.15) is 0 Å². The molecule has 16 heavy (non-hydrogen) atoms. The lowest BCUT2D eigenvalue weighted by molar-refractivity contribution is 0.148. The number of rotatable bonds is 6. The molecule has 0 radical (unpaired) electrons. The first-order valence-corrected chi connectivity index (χ1v) is 6.38. The molecule has 4 heteroatoms. The van der Waals surface area contributed by atoms with Crippen molar-refractivity contribution in [2.75, 3.05) is 52.9 Å². The summed E-state index contributed by atoms with van der Waals surface area (Å²) in [5.74, 6) is 0.498. The highest BCUT2D eigenvalue weighted by molar-refractivity contribution is 4.73. The summed E-state index contributed by atoms with van der Waals surface area (Å²) in [5, 5.41) is 12.6. The molecule has 4 nitrogen and oxygen atoms in total. The lowest BCUT2D eigenvalue weighted by Gasteiger charge is -2.32. The Hall–Kier alpha value is -0.160. The lowest BCUT2D eigenvalue weighted by Crippen LogP contribution is -2.48. The maximum atomic E-state index is 9.19. The minimum absolute atomic E-state index is 0.237. The number of nitrogens with zero attached hydrogens (tertiary/aromatic N) is 2. The van der Waals surface area contributed by atoms with Crippen LogP contribution >= 0.6 is 0 Å². The minimum Gasteiger partial charge on any atom is -0.395 e. The van der Waals surface area contributed by atoms with Crippen molar-refractivity contribution < 1.29 is 5.11 Å². The maximum Gasteiger partial charge on any atom is 0.0587 e. The third kappa shape index (κ3) is 4.78. The predicted molar refractivity (Wildman–Crippen MR) is 67.7 cm³/mol. The van der Waals surface area contributed by atoms with Crippen LogP contribution in [0.25, 0.3) is 0 Å². The standard InChI is InChI=1S/C12H27N3O/c1-11(2)12(10-16)13-4-5-15-8-6-14(3)7-9-15/h11-13,16H,4-10H2,1-3H3. The van der Waals surface area contributed by atoms with Crippen molar-refractivity contribution in [3.63, 3.8) is 0 Å². The smallest absolute Gasteiger partial charge is 0.0587 e. The third-order valence-electron chi connectivity index (χ3n) is 3.43. The van der Waals surface area contributed by atoms with Crippen LogP contribution < -0.4 is 5.32 Å². The van der Waals surface area contributed by atoms with Crippen LogP contribution in [0, 0.1) is 5.92 Å². The van der Waals surface area contributed by atoms with Crippen molar-refractivity contribution in [2.24, 2.45) is 5.92 Å². The Morgan fingerprint density at radius 1 is 1.19 bits per heavy atom. The number of aliphatic hydroxyl groups excluding tert-OH is 1. The minimum atomic E-state index is 0.237. The van der Waals surface area contributed by atoms with Gasteiger partial charge in [-0.25, -0.2) is 0 Å². The van der Waals surface area contributed by atoms with Gasteiger partial charge in [-0.3, -0.25) is 4.90 Å². The Balaban J connectivity index is 2.10. The lowest BCUT2D eigenvalue weighted by atomic mass is 10.1. The first-order valence-electron chi connectivity index (χ1n) is 6.38. The van der Waals surface area contributed by atoms with Gasteiger partial charge in [-0.05, 0) is 13.0 Å². The Morgan fingerprint density at radius 2 is 1.81 bits per heavy atom. The fraction of sp³-hybridized carbons (Fsp3) is 1.00. The van der Waals surface area contributed by atoms with E-state index in [1.165, 1.54) is 26.2 Å². The molecule has 1 saturated heterocycles. The van der Waals surface area contributed by atoms with Gasteiger partial charge in [0.05, 0.1) is 6.61 Å². The van der Waals surface area contributed by atoms with E-state index in [2.05, 4.69) is 36.0 Å². The molecule has 1 aliphatic heterocycles. The van der Waals surface area contributed by atoms with Crippen LogP contribution in [-0.4, -0.2) is 73.9 Å². The molecule has 0 saturated carbocycles. The normalized spacial score (nSPS) is 21.6. The molecule has 0 aromatic heterocycles. The quantitative estimate of drug-likeness (QED) is 0.664. The van der Waals surface area contributed by atoms with Crippen LogP contribution in [0.3, 0.4) is 0 Å². The Labute approximate surface area is 99.6 Å². The topological polar surface area (TPSA) is 38.7 Å². The van der Waals surface area contributed by atoms with E-state index in [9.17, 15) is 5.11 Å². The van der Waals surface area contributed by atoms with Gasteiger partial charge in [-0.2, -0.15) is 0 Å². The van der Waals surface area contributed by atoms with E-state index in [0.717, 1.165) is 13.1 Å². The monoisotopic (exact) mass is 229 g/mol. The highest BCUT2D eigenvalue weighted by atomic mass is 16.3. The van der Waals surface area contributed by atoms with E-state index in [0.29, 0.717) is 5.92 Å². The van der Waals surface area contributed by atoms with Crippen LogP contribution in [0.4, 0.5) is 0 Å². The van der Waals surface area contributed by atoms with Gasteiger partial charge in [0.2, 0.25) is 0 Å². The fourth-order valence-corrected chi connectivity index (χ4v) is 1.99. The van der Waals surface area contributed by atoms with Gasteiger partial charge in [0.15, 0.2) is 0 Å². The van der Waals surface area contributed by atoms with Crippen molar-refractivity contribution in [1.29, 1.82) is 0 Å². The highest BCUT2D eigenvalue weighted by Crippen LogP contribution is 2.01. The number of piperazine rings is 1. The molecule has 0 amide bonds. The second kappa shape index (κ2) is 7.22. The molecule has 0 aromatic carbocycles. The molecule has 0 aliphatic carbocycles. The summed E-state index contributed by atoms with van der Waals surface area (Å²) < 4.78 is 0. The van der Waals surface area contributed by atoms with E-state index in [4.69, 9.17) is 0 Å². The second-order valence-electron chi connectivity index (χ2n) is 5.13. The van der Waals surface area contributed by atoms with Crippen molar-refractivity contribution in [2.45, 2.75) is 19.9 Å². The molecule has 2 N–H and O–H groups in total. The van der Waals surface area contributed by atoms with E-state index in [1.807, 2.05) is 0 Å². The Morgan fingerprint density at radius 3 is 2.31 bits per heavy atom. The number of aliphatic hydroxyl groups is 1. The third-order valence-corrected chi connectivity index (χ3v) is 3.43. The molecule has 1 fully saturated rings. The molecule has 1 atom stereocenters. The summed E-state index contributed by atoms with van der Waals surface area (Å²) >= 11 is 0. The number of hydrogen-bond donors (Lipinski definition) is 2. The second-order valence-corrected chi connectivity index (χ2v) is 5.13. The molecule has 0 spiro atoms. The molecule has 96 valence electrons. The highest BCUT2D eigenvalue weighted by Gasteiger charge is 2.14. The molecule has 1 heterocycles. The molecular formula is C12H27N3O. The van der Waals surface area contributed by atoms with Gasteiger partial charge in [0.25, 0.3) is 0 Å². The van der Waals surface area contributed by atoms with Crippen LogP contribution in [0.5, 0.6) is 0 Å². The Kier molecular flexibility index (Phi) is 6.28. The summed E-state index contributed by atoms with van der Waals surface area (Å²) in [6.07, 6.45) is 0. The molecule has 0 bridgehead atoms. The van der Waals surface area contributed by atoms with Gasteiger partial charge in [0, 0.05) is 45.3 Å². The summed E-state index contributed by atoms with van der Waals surface area (Å²) in [6.45, 7) is 11.3. The van der Waals surface area contributed by atoms with Crippen LogP contribution in [-0.2, 0) is 0 Å². The van der Waals surface area contributed by atoms with Gasteiger partial charge < -0.3 is 15.3 Å². The molecule has 1 unspecified atom stereocenters. The summed E-state index contributed by atoms with van der Waals surface area (Å²) in [5.41, 5.74) is 0. The summed E-state index contributed by atoms with van der Waals surface area (Å²) in [6, 6.07) is 0.243. The zero-order chi connectivity index (χ0) is 12.0. The van der Waals surface area contributed by atoms with Crippen molar-refractivity contribution in [1.82, 2.24) is 15.1 Å². The average Bonchev–Trinajstić information content (AvgIpc) is 2.26. The van der Waals surface area contributed by atoms with Crippen molar-refractivity contribution in [3.05, 3.63) is 0 Å². The van der Waals surface area contributed by atoms with Crippen molar-refractivity contribution in [3.8, 4) is 0 Å². The van der Waals surface area contributed by atoms with E-state index in [1.54, 1.807) is 0 Å². The molecule has 1 rings (SSSR count). The first-order chi connectivity index (χ1) is 7.63. The zero-order valence-electron chi connectivity index (χ0n) is 10.9.